The van der Waals surface area contributed by atoms with E-state index in [0.717, 1.165) is 35.2 Å². The van der Waals surface area contributed by atoms with Crippen molar-refractivity contribution in [3.63, 3.8) is 0 Å². The van der Waals surface area contributed by atoms with Gasteiger partial charge in [-0.05, 0) is 59.4 Å². The number of phenols is 1. The Bertz CT molecular complexity index is 1270. The number of carbonyl (C=O) groups is 1. The highest BCUT2D eigenvalue weighted by Gasteiger charge is 2.58. The summed E-state index contributed by atoms with van der Waals surface area (Å²) < 4.78 is 28.8. The average Bonchev–Trinajstić information content (AvgIpc) is 3.47. The highest BCUT2D eigenvalue weighted by atomic mass is 16.7. The standard InChI is InChI=1S/C26H23NO7/c1-30-12-5-3-11(4-6-12)16-13-7-8-27-21-17(13)18(25-24(16)32-10-33-25)14-9-15(28)22(31-2)20-19(14)23(21)34-26(20)29/h3-6,9,13,16,21,23-25,27H,1,7-8,10H2,2H3/p+1. The number of phenolic OH excluding ortho intramolecular Hbond substituents is 1. The fourth-order valence-corrected chi connectivity index (χ4v) is 6.78. The summed E-state index contributed by atoms with van der Waals surface area (Å²) in [5.41, 5.74) is 5.20. The number of piperidine rings is 1. The second-order valence-electron chi connectivity index (χ2n) is 9.36. The zero-order chi connectivity index (χ0) is 23.1. The van der Waals surface area contributed by atoms with E-state index in [4.69, 9.17) is 23.4 Å². The Hall–Kier alpha value is -3.20. The normalized spacial score (nSPS) is 32.6. The summed E-state index contributed by atoms with van der Waals surface area (Å²) in [4.78, 5) is 13.0. The maximum atomic E-state index is 13.0. The quantitative estimate of drug-likeness (QED) is 0.535. The van der Waals surface area contributed by atoms with Gasteiger partial charge in [0.2, 0.25) is 0 Å². The molecule has 0 saturated carbocycles. The van der Waals surface area contributed by atoms with Gasteiger partial charge in [0.25, 0.3) is 6.79 Å². The Morgan fingerprint density at radius 2 is 2.03 bits per heavy atom. The lowest BCUT2D eigenvalue weighted by Gasteiger charge is -2.50. The number of aromatic hydroxyl groups is 1. The van der Waals surface area contributed by atoms with Crippen LogP contribution in [0.5, 0.6) is 17.2 Å². The van der Waals surface area contributed by atoms with Gasteiger partial charge < -0.3 is 29.4 Å². The van der Waals surface area contributed by atoms with E-state index >= 15 is 0 Å². The summed E-state index contributed by atoms with van der Waals surface area (Å²) in [6.07, 6.45) is -0.0833. The Morgan fingerprint density at radius 1 is 1.21 bits per heavy atom. The molecule has 6 unspecified atom stereocenters. The number of nitrogens with one attached hydrogen (secondary N) is 1. The summed E-state index contributed by atoms with van der Waals surface area (Å²) in [5, 5.41) is 14.4. The van der Waals surface area contributed by atoms with Crippen molar-refractivity contribution in [1.29, 1.82) is 0 Å². The number of rotatable bonds is 3. The lowest BCUT2D eigenvalue weighted by molar-refractivity contribution is -0.354. The zero-order valence-corrected chi connectivity index (χ0v) is 18.6. The first-order valence-electron chi connectivity index (χ1n) is 11.5. The predicted octanol–water partition coefficient (Wildman–Crippen LogP) is 2.97. The van der Waals surface area contributed by atoms with Gasteiger partial charge in [0.1, 0.15) is 24.6 Å². The molecule has 2 N–H and O–H groups in total. The Labute approximate surface area is 195 Å². The minimum Gasteiger partial charge on any atom is -0.504 e. The molecule has 7 rings (SSSR count). The molecule has 0 radical (unpaired) electrons. The maximum absolute atomic E-state index is 13.0. The van der Waals surface area contributed by atoms with Crippen LogP contribution >= 0.6 is 0 Å². The summed E-state index contributed by atoms with van der Waals surface area (Å²) in [6.45, 7) is 4.47. The van der Waals surface area contributed by atoms with Crippen molar-refractivity contribution < 1.29 is 33.3 Å². The summed E-state index contributed by atoms with van der Waals surface area (Å²) in [6, 6.07) is 9.48. The molecule has 0 bridgehead atoms. The number of carbonyl (C=O) groups excluding carboxylic acids is 2. The minimum atomic E-state index is -0.477. The molecule has 2 aromatic rings. The van der Waals surface area contributed by atoms with Gasteiger partial charge >= 0.3 is 11.7 Å². The molecular weight excluding hydrogens is 438 g/mol. The van der Waals surface area contributed by atoms with Crippen LogP contribution in [0.4, 0.5) is 0 Å². The van der Waals surface area contributed by atoms with Crippen LogP contribution < -0.4 is 10.1 Å². The predicted molar refractivity (Wildman–Crippen MR) is 120 cm³/mol. The smallest absolute Gasteiger partial charge is 0.351 e. The molecule has 0 aromatic heterocycles. The molecule has 2 fully saturated rings. The van der Waals surface area contributed by atoms with Crippen molar-refractivity contribution in [3.05, 3.63) is 58.2 Å². The van der Waals surface area contributed by atoms with Gasteiger partial charge in [0.15, 0.2) is 11.5 Å². The van der Waals surface area contributed by atoms with E-state index in [1.165, 1.54) is 12.7 Å². The van der Waals surface area contributed by atoms with Crippen LogP contribution in [0.15, 0.2) is 35.9 Å². The second kappa shape index (κ2) is 7.15. The topological polar surface area (TPSA) is 97.6 Å². The SMILES string of the molecule is C=[O+]c1ccc(C2C3CCNC4C3=C(c3cc(O)c(OC)c5c3C4OC5=O)C3OCOC32)cc1. The van der Waals surface area contributed by atoms with Crippen LogP contribution in [0, 0.1) is 5.92 Å². The van der Waals surface area contributed by atoms with E-state index in [1.807, 2.05) is 12.1 Å². The van der Waals surface area contributed by atoms with Gasteiger partial charge in [0, 0.05) is 23.6 Å². The number of fused-ring (bicyclic) bond motifs is 4. The molecule has 0 amide bonds. The number of esters is 1. The van der Waals surface area contributed by atoms with Crippen molar-refractivity contribution >= 4 is 18.3 Å². The summed E-state index contributed by atoms with van der Waals surface area (Å²) in [7, 11) is 1.45. The highest BCUT2D eigenvalue weighted by Crippen LogP contribution is 2.60. The van der Waals surface area contributed by atoms with Crippen LogP contribution in [0.25, 0.3) is 5.57 Å². The molecule has 174 valence electrons. The molecule has 5 aliphatic rings. The fraction of sp³-hybridized carbons (Fsp3) is 0.385. The lowest BCUT2D eigenvalue weighted by Crippen LogP contribution is -2.53. The van der Waals surface area contributed by atoms with Crippen LogP contribution in [-0.2, 0) is 18.6 Å². The van der Waals surface area contributed by atoms with Crippen molar-refractivity contribution in [2.24, 2.45) is 5.92 Å². The molecule has 2 aromatic carbocycles. The van der Waals surface area contributed by atoms with Gasteiger partial charge in [-0.15, -0.1) is 0 Å². The van der Waals surface area contributed by atoms with Crippen LogP contribution in [0.2, 0.25) is 0 Å². The van der Waals surface area contributed by atoms with Crippen LogP contribution in [-0.4, -0.2) is 56.6 Å². The summed E-state index contributed by atoms with van der Waals surface area (Å²) in [5.74, 6) is 0.532. The maximum Gasteiger partial charge on any atom is 0.351 e. The van der Waals surface area contributed by atoms with E-state index < -0.39 is 12.1 Å². The van der Waals surface area contributed by atoms with E-state index in [2.05, 4.69) is 24.2 Å². The number of hydrogen-bond donors (Lipinski definition) is 2. The number of ether oxygens (including phenoxy) is 4. The molecule has 34 heavy (non-hydrogen) atoms. The first-order valence-corrected chi connectivity index (χ1v) is 11.5. The van der Waals surface area contributed by atoms with E-state index in [0.29, 0.717) is 11.3 Å². The number of hydrogen-bond acceptors (Lipinski definition) is 7. The molecule has 6 atom stereocenters. The molecule has 3 aliphatic heterocycles. The minimum absolute atomic E-state index is 0.0692. The molecule has 8 heteroatoms. The largest absolute Gasteiger partial charge is 0.504 e. The summed E-state index contributed by atoms with van der Waals surface area (Å²) >= 11 is 0. The zero-order valence-electron chi connectivity index (χ0n) is 18.6. The van der Waals surface area contributed by atoms with Gasteiger partial charge in [-0.3, -0.25) is 0 Å². The van der Waals surface area contributed by atoms with E-state index in [-0.39, 0.29) is 48.4 Å². The van der Waals surface area contributed by atoms with Gasteiger partial charge in [-0.1, -0.05) is 0 Å². The Morgan fingerprint density at radius 3 is 2.79 bits per heavy atom. The third-order valence-electron chi connectivity index (χ3n) is 8.00. The van der Waals surface area contributed by atoms with Crippen molar-refractivity contribution in [1.82, 2.24) is 5.32 Å². The highest BCUT2D eigenvalue weighted by molar-refractivity contribution is 6.02. The Balaban J connectivity index is 1.47. The first kappa shape index (κ1) is 20.2. The molecular formula is C26H24NO7+. The average molecular weight is 462 g/mol. The van der Waals surface area contributed by atoms with Gasteiger partial charge in [-0.25, -0.2) is 9.22 Å². The molecule has 2 saturated heterocycles. The molecule has 3 heterocycles. The second-order valence-corrected chi connectivity index (χ2v) is 9.36. The van der Waals surface area contributed by atoms with Crippen molar-refractivity contribution in [2.45, 2.75) is 36.7 Å². The van der Waals surface area contributed by atoms with Gasteiger partial charge in [0.05, 0.1) is 19.3 Å². The van der Waals surface area contributed by atoms with Crippen LogP contribution in [0.1, 0.15) is 45.5 Å². The fourth-order valence-electron chi connectivity index (χ4n) is 6.78. The third-order valence-corrected chi connectivity index (χ3v) is 8.00. The Kier molecular flexibility index (Phi) is 4.25. The lowest BCUT2D eigenvalue weighted by atomic mass is 9.60. The van der Waals surface area contributed by atoms with Crippen LogP contribution in [0.3, 0.4) is 0 Å². The first-order chi connectivity index (χ1) is 16.6. The van der Waals surface area contributed by atoms with Crippen molar-refractivity contribution in [2.75, 3.05) is 20.4 Å². The van der Waals surface area contributed by atoms with Crippen molar-refractivity contribution in [3.8, 4) is 17.2 Å². The molecule has 0 spiro atoms. The number of benzene rings is 2. The van der Waals surface area contributed by atoms with E-state index in [9.17, 15) is 9.90 Å². The van der Waals surface area contributed by atoms with E-state index in [1.54, 1.807) is 6.07 Å². The molecule has 8 nitrogen and oxygen atoms in total. The molecule has 2 aliphatic carbocycles. The monoisotopic (exact) mass is 462 g/mol. The number of methoxy groups -OCH3 is 1. The third kappa shape index (κ3) is 2.48. The van der Waals surface area contributed by atoms with Gasteiger partial charge in [-0.2, -0.15) is 0 Å².